The molecular weight excluding hydrogens is 455 g/mol. The number of Topliss-reactive ketones (excluding diaryl/α,β-unsaturated/α-hetero) is 1. The van der Waals surface area contributed by atoms with E-state index in [4.69, 9.17) is 17.3 Å². The van der Waals surface area contributed by atoms with E-state index in [2.05, 4.69) is 5.32 Å². The first-order valence-electron chi connectivity index (χ1n) is 9.84. The van der Waals surface area contributed by atoms with Crippen molar-refractivity contribution in [3.63, 3.8) is 0 Å². The zero-order chi connectivity index (χ0) is 22.9. The van der Waals surface area contributed by atoms with Crippen LogP contribution in [0.1, 0.15) is 15.9 Å². The van der Waals surface area contributed by atoms with Crippen molar-refractivity contribution in [3.8, 4) is 0 Å². The fraction of sp³-hybridized carbons (Fsp3) is 0.227. The molecule has 4 rings (SSSR count). The van der Waals surface area contributed by atoms with Crippen molar-refractivity contribution in [2.24, 2.45) is 5.73 Å². The van der Waals surface area contributed by atoms with E-state index in [1.807, 2.05) is 0 Å². The summed E-state index contributed by atoms with van der Waals surface area (Å²) < 4.78 is 16.5. The van der Waals surface area contributed by atoms with Crippen LogP contribution in [0.5, 0.6) is 0 Å². The van der Waals surface area contributed by atoms with E-state index >= 15 is 0 Å². The average molecular weight is 475 g/mol. The van der Waals surface area contributed by atoms with E-state index in [-0.39, 0.29) is 23.8 Å². The summed E-state index contributed by atoms with van der Waals surface area (Å²) >= 11 is 7.01. The molecule has 7 nitrogen and oxygen atoms in total. The number of hydrogen-bond acceptors (Lipinski definition) is 5. The summed E-state index contributed by atoms with van der Waals surface area (Å²) in [6.45, 7) is -0.189. The molecule has 0 bridgehead atoms. The first-order chi connectivity index (χ1) is 15.3. The largest absolute Gasteiger partial charge is 0.366 e. The van der Waals surface area contributed by atoms with Gasteiger partial charge in [0.1, 0.15) is 0 Å². The number of halogens is 2. The Hall–Kier alpha value is -2.88. The number of benzene rings is 2. The molecule has 0 unspecified atom stereocenters. The number of ketones is 1. The van der Waals surface area contributed by atoms with Gasteiger partial charge in [-0.1, -0.05) is 46.4 Å². The lowest BCUT2D eigenvalue weighted by Crippen LogP contribution is -2.57. The van der Waals surface area contributed by atoms with Gasteiger partial charge in [-0.3, -0.25) is 19.7 Å². The Labute approximate surface area is 192 Å². The van der Waals surface area contributed by atoms with Crippen molar-refractivity contribution in [1.29, 1.82) is 0 Å². The summed E-state index contributed by atoms with van der Waals surface area (Å²) in [5.41, 5.74) is 6.87. The van der Waals surface area contributed by atoms with Crippen LogP contribution < -0.4 is 11.1 Å². The number of rotatable bonds is 7. The third kappa shape index (κ3) is 4.11. The van der Waals surface area contributed by atoms with E-state index in [0.29, 0.717) is 33.8 Å². The lowest BCUT2D eigenvalue weighted by Gasteiger charge is -2.28. The van der Waals surface area contributed by atoms with Gasteiger partial charge in [-0.25, -0.2) is 0 Å². The highest BCUT2D eigenvalue weighted by molar-refractivity contribution is 8.02. The van der Waals surface area contributed by atoms with Crippen LogP contribution >= 0.6 is 23.4 Å². The Balaban J connectivity index is 1.61. The number of nitrogens with two attached hydrogens (primary N) is 1. The molecule has 0 spiro atoms. The van der Waals surface area contributed by atoms with Crippen molar-refractivity contribution in [2.45, 2.75) is 18.0 Å². The molecule has 1 aromatic heterocycles. The number of nitrogens with one attached hydrogen (secondary N) is 1. The van der Waals surface area contributed by atoms with Gasteiger partial charge in [-0.15, -0.1) is 11.8 Å². The van der Waals surface area contributed by atoms with Gasteiger partial charge in [-0.2, -0.15) is 5.12 Å². The molecule has 32 heavy (non-hydrogen) atoms. The number of aromatic nitrogens is 1. The molecule has 3 aromatic rings. The second kappa shape index (κ2) is 8.93. The predicted octanol–water partition coefficient (Wildman–Crippen LogP) is 2.91. The topological polar surface area (TPSA) is 97.4 Å². The third-order valence-corrected chi connectivity index (χ3v) is 6.91. The van der Waals surface area contributed by atoms with Crippen molar-refractivity contribution in [3.05, 3.63) is 70.9 Å². The maximum absolute atomic E-state index is 14.9. The van der Waals surface area contributed by atoms with E-state index in [9.17, 15) is 18.9 Å². The summed E-state index contributed by atoms with van der Waals surface area (Å²) in [4.78, 5) is 36.5. The average Bonchev–Trinajstić information content (AvgIpc) is 3.40. The van der Waals surface area contributed by atoms with Crippen LogP contribution in [0.4, 0.5) is 4.48 Å². The van der Waals surface area contributed by atoms with Gasteiger partial charge in [0, 0.05) is 34.4 Å². The summed E-state index contributed by atoms with van der Waals surface area (Å²) in [6, 6.07) is 13.5. The Morgan fingerprint density at radius 1 is 1.22 bits per heavy atom. The van der Waals surface area contributed by atoms with E-state index in [1.165, 1.54) is 6.20 Å². The number of para-hydroxylation sites is 1. The molecule has 0 aliphatic carbocycles. The molecule has 1 aliphatic heterocycles. The number of nitrogens with zero attached hydrogens (tertiary/aromatic N) is 2. The van der Waals surface area contributed by atoms with Crippen molar-refractivity contribution in [2.75, 3.05) is 12.3 Å². The molecule has 2 heterocycles. The first kappa shape index (κ1) is 22.3. The lowest BCUT2D eigenvalue weighted by atomic mass is 10.1. The van der Waals surface area contributed by atoms with Crippen LogP contribution in [0, 0.1) is 0 Å². The van der Waals surface area contributed by atoms with Crippen LogP contribution in [-0.4, -0.2) is 44.5 Å². The molecule has 3 N–H and O–H groups in total. The van der Waals surface area contributed by atoms with Crippen molar-refractivity contribution >= 4 is 51.9 Å². The highest BCUT2D eigenvalue weighted by Crippen LogP contribution is 2.33. The first-order valence-corrected chi connectivity index (χ1v) is 11.2. The number of carbonyl (C=O) groups is 3. The molecule has 0 saturated carbocycles. The number of fused-ring (bicyclic) bond motifs is 1. The normalized spacial score (nSPS) is 18.1. The minimum Gasteiger partial charge on any atom is -0.366 e. The Morgan fingerprint density at radius 3 is 2.69 bits per heavy atom. The molecule has 2 aromatic carbocycles. The number of primary amides is 1. The third-order valence-electron chi connectivity index (χ3n) is 5.29. The van der Waals surface area contributed by atoms with Gasteiger partial charge < -0.3 is 10.3 Å². The standard InChI is InChI=1S/C22H20ClFN4O3S/c23-15-5-3-4-14(10-15)11-28(24)21(31)22(26-8-9-32-22)19(29)13-27-12-17(20(25)30)16-6-1-2-7-18(16)27/h1-7,10,12,26H,8-9,11,13H2,(H2,25,30)/t22-/m0/s1. The zero-order valence-corrected chi connectivity index (χ0v) is 18.5. The Kier molecular flexibility index (Phi) is 6.23. The van der Waals surface area contributed by atoms with Gasteiger partial charge in [0.15, 0.2) is 5.78 Å². The second-order valence-electron chi connectivity index (χ2n) is 7.39. The quantitative estimate of drug-likeness (QED) is 0.405. The monoisotopic (exact) mass is 474 g/mol. The SMILES string of the molecule is NC(=O)c1cn(CC(=O)[C@]2(C(=O)N(F)Cc3cccc(Cl)c3)NCCS2)c2ccccc12. The van der Waals surface area contributed by atoms with Crippen molar-refractivity contribution in [1.82, 2.24) is 15.0 Å². The van der Waals surface area contributed by atoms with E-state index in [1.54, 1.807) is 53.1 Å². The maximum Gasteiger partial charge on any atom is 0.289 e. The van der Waals surface area contributed by atoms with Crippen LogP contribution in [-0.2, 0) is 22.7 Å². The summed E-state index contributed by atoms with van der Waals surface area (Å²) in [6.07, 6.45) is 1.49. The smallest absolute Gasteiger partial charge is 0.289 e. The van der Waals surface area contributed by atoms with Crippen LogP contribution in [0.3, 0.4) is 0 Å². The Bertz CT molecular complexity index is 1210. The van der Waals surface area contributed by atoms with Gasteiger partial charge in [0.05, 0.1) is 18.7 Å². The zero-order valence-electron chi connectivity index (χ0n) is 16.9. The summed E-state index contributed by atoms with van der Waals surface area (Å²) in [5, 5.41) is 3.96. The summed E-state index contributed by atoms with van der Waals surface area (Å²) in [7, 11) is 0. The van der Waals surface area contributed by atoms with E-state index < -0.39 is 22.5 Å². The second-order valence-corrected chi connectivity index (χ2v) is 9.13. The van der Waals surface area contributed by atoms with Gasteiger partial charge in [0.25, 0.3) is 11.8 Å². The maximum atomic E-state index is 14.9. The fourth-order valence-corrected chi connectivity index (χ4v) is 5.17. The summed E-state index contributed by atoms with van der Waals surface area (Å²) in [5.74, 6) is -1.64. The molecular formula is C22H20ClFN4O3S. The minimum atomic E-state index is -1.76. The van der Waals surface area contributed by atoms with Gasteiger partial charge in [-0.05, 0) is 23.8 Å². The molecule has 10 heteroatoms. The minimum absolute atomic E-state index is 0.0392. The fourth-order valence-electron chi connectivity index (χ4n) is 3.80. The molecule has 1 atom stereocenters. The lowest BCUT2D eigenvalue weighted by molar-refractivity contribution is -0.154. The number of hydrogen-bond donors (Lipinski definition) is 2. The Morgan fingerprint density at radius 2 is 2.00 bits per heavy atom. The number of thioether (sulfide) groups is 1. The molecule has 1 fully saturated rings. The number of carbonyl (C=O) groups excluding carboxylic acids is 3. The molecule has 1 saturated heterocycles. The van der Waals surface area contributed by atoms with Gasteiger partial charge >= 0.3 is 0 Å². The highest BCUT2D eigenvalue weighted by Gasteiger charge is 2.51. The number of amides is 2. The predicted molar refractivity (Wildman–Crippen MR) is 122 cm³/mol. The van der Waals surface area contributed by atoms with Crippen LogP contribution in [0.2, 0.25) is 5.02 Å². The van der Waals surface area contributed by atoms with E-state index in [0.717, 1.165) is 11.8 Å². The van der Waals surface area contributed by atoms with Crippen molar-refractivity contribution < 1.29 is 18.9 Å². The van der Waals surface area contributed by atoms with Crippen LogP contribution in [0.15, 0.2) is 54.7 Å². The highest BCUT2D eigenvalue weighted by atomic mass is 35.5. The van der Waals surface area contributed by atoms with Crippen LogP contribution in [0.25, 0.3) is 10.9 Å². The molecule has 0 radical (unpaired) electrons. The molecule has 2 amide bonds. The molecule has 166 valence electrons. The molecule has 1 aliphatic rings. The van der Waals surface area contributed by atoms with Gasteiger partial charge in [0.2, 0.25) is 4.87 Å².